The van der Waals surface area contributed by atoms with E-state index >= 15 is 0 Å². The van der Waals surface area contributed by atoms with Crippen LogP contribution in [0.5, 0.6) is 11.5 Å². The van der Waals surface area contributed by atoms with Gasteiger partial charge in [0.1, 0.15) is 0 Å². The Morgan fingerprint density at radius 2 is 2.10 bits per heavy atom. The fourth-order valence-corrected chi connectivity index (χ4v) is 3.41. The lowest BCUT2D eigenvalue weighted by Gasteiger charge is -2.09. The molecule has 0 saturated heterocycles. The molecule has 0 bridgehead atoms. The van der Waals surface area contributed by atoms with Gasteiger partial charge in [-0.05, 0) is 37.1 Å². The first-order chi connectivity index (χ1) is 9.42. The second-order valence-corrected chi connectivity index (χ2v) is 8.80. The Bertz CT molecular complexity index is 603. The molecule has 1 aliphatic carbocycles. The van der Waals surface area contributed by atoms with Crippen LogP contribution in [0, 0.1) is 5.41 Å². The van der Waals surface area contributed by atoms with E-state index in [4.69, 9.17) is 9.47 Å². The van der Waals surface area contributed by atoms with E-state index in [1.54, 1.807) is 6.21 Å². The quantitative estimate of drug-likeness (QED) is 0.479. The van der Waals surface area contributed by atoms with Gasteiger partial charge in [0, 0.05) is 0 Å². The van der Waals surface area contributed by atoms with Crippen molar-refractivity contribution in [2.75, 3.05) is 6.79 Å². The molecule has 1 N–H and O–H groups in total. The summed E-state index contributed by atoms with van der Waals surface area (Å²) in [5, 5.41) is 3.98. The first-order valence-electron chi connectivity index (χ1n) is 6.03. The number of halogens is 2. The van der Waals surface area contributed by atoms with Crippen LogP contribution in [0.25, 0.3) is 0 Å². The number of alkyl halides is 2. The van der Waals surface area contributed by atoms with E-state index in [1.807, 2.05) is 25.1 Å². The molecule has 5 nitrogen and oxygen atoms in total. The van der Waals surface area contributed by atoms with Crippen LogP contribution in [0.2, 0.25) is 0 Å². The molecule has 0 radical (unpaired) electrons. The van der Waals surface area contributed by atoms with Gasteiger partial charge >= 0.3 is 0 Å². The standard InChI is InChI=1S/C13H12Br2N2O3/c1-12(6-13(12,14)15)11(18)17-16-5-8-2-3-9-10(4-8)20-7-19-9/h2-5H,6-7H2,1H3,(H,17,18)/t12-/m1/s1. The average Bonchev–Trinajstić information content (AvgIpc) is 2.77. The minimum absolute atomic E-state index is 0.122. The molecule has 1 aromatic carbocycles. The zero-order chi connectivity index (χ0) is 14.4. The number of benzene rings is 1. The molecule has 1 aliphatic heterocycles. The molecule has 2 aliphatic rings. The second kappa shape index (κ2) is 4.73. The molecule has 106 valence electrons. The third-order valence-corrected chi connectivity index (χ3v) is 5.85. The van der Waals surface area contributed by atoms with Gasteiger partial charge in [-0.15, -0.1) is 0 Å². The van der Waals surface area contributed by atoms with Gasteiger partial charge in [0.25, 0.3) is 0 Å². The van der Waals surface area contributed by atoms with Crippen molar-refractivity contribution < 1.29 is 14.3 Å². The van der Waals surface area contributed by atoms with Crippen LogP contribution in [0.15, 0.2) is 23.3 Å². The van der Waals surface area contributed by atoms with Crippen molar-refractivity contribution in [3.63, 3.8) is 0 Å². The van der Waals surface area contributed by atoms with Gasteiger partial charge in [0.15, 0.2) is 11.5 Å². The van der Waals surface area contributed by atoms with E-state index in [9.17, 15) is 4.79 Å². The number of hydrazone groups is 1. The van der Waals surface area contributed by atoms with Crippen LogP contribution in [-0.2, 0) is 4.79 Å². The average molecular weight is 404 g/mol. The van der Waals surface area contributed by atoms with Crippen LogP contribution in [0.1, 0.15) is 18.9 Å². The van der Waals surface area contributed by atoms with E-state index in [0.29, 0.717) is 5.75 Å². The zero-order valence-corrected chi connectivity index (χ0v) is 13.8. The molecule has 1 aromatic rings. The molecule has 7 heteroatoms. The first-order valence-corrected chi connectivity index (χ1v) is 7.62. The molecule has 0 spiro atoms. The number of fused-ring (bicyclic) bond motifs is 1. The molecular formula is C13H12Br2N2O3. The Hall–Kier alpha value is -1.08. The summed E-state index contributed by atoms with van der Waals surface area (Å²) in [6, 6.07) is 5.48. The van der Waals surface area contributed by atoms with E-state index in [-0.39, 0.29) is 15.9 Å². The van der Waals surface area contributed by atoms with Crippen molar-refractivity contribution in [1.29, 1.82) is 0 Å². The largest absolute Gasteiger partial charge is 0.454 e. The summed E-state index contributed by atoms with van der Waals surface area (Å²) in [5.41, 5.74) is 2.92. The molecule has 1 fully saturated rings. The van der Waals surface area contributed by atoms with Crippen molar-refractivity contribution in [2.45, 2.75) is 16.6 Å². The van der Waals surface area contributed by atoms with Gasteiger partial charge in [-0.3, -0.25) is 4.79 Å². The Morgan fingerprint density at radius 1 is 1.40 bits per heavy atom. The summed E-state index contributed by atoms with van der Waals surface area (Å²) in [4.78, 5) is 12.0. The summed E-state index contributed by atoms with van der Waals surface area (Å²) in [6.07, 6.45) is 2.31. The highest BCUT2D eigenvalue weighted by Gasteiger charge is 2.66. The van der Waals surface area contributed by atoms with Crippen LogP contribution in [0.3, 0.4) is 0 Å². The number of hydrogen-bond donors (Lipinski definition) is 1. The van der Waals surface area contributed by atoms with Gasteiger partial charge in [-0.1, -0.05) is 31.9 Å². The normalized spacial score (nSPS) is 25.8. The van der Waals surface area contributed by atoms with Crippen molar-refractivity contribution in [2.24, 2.45) is 10.5 Å². The van der Waals surface area contributed by atoms with Crippen LogP contribution in [-0.4, -0.2) is 22.1 Å². The zero-order valence-electron chi connectivity index (χ0n) is 10.7. The third kappa shape index (κ3) is 2.33. The molecule has 20 heavy (non-hydrogen) atoms. The lowest BCUT2D eigenvalue weighted by atomic mass is 10.1. The van der Waals surface area contributed by atoms with Gasteiger partial charge < -0.3 is 9.47 Å². The van der Waals surface area contributed by atoms with Crippen LogP contribution in [0.4, 0.5) is 0 Å². The highest BCUT2D eigenvalue weighted by Crippen LogP contribution is 2.66. The maximum atomic E-state index is 12.0. The number of hydrogen-bond acceptors (Lipinski definition) is 4. The number of ether oxygens (including phenoxy) is 2. The van der Waals surface area contributed by atoms with E-state index < -0.39 is 5.41 Å². The molecule has 1 heterocycles. The van der Waals surface area contributed by atoms with E-state index in [0.717, 1.165) is 17.7 Å². The van der Waals surface area contributed by atoms with Gasteiger partial charge in [0.2, 0.25) is 12.7 Å². The van der Waals surface area contributed by atoms with Crippen LogP contribution >= 0.6 is 31.9 Å². The molecule has 3 rings (SSSR count). The number of rotatable bonds is 3. The fourth-order valence-electron chi connectivity index (χ4n) is 1.93. The summed E-state index contributed by atoms with van der Waals surface area (Å²) in [5.74, 6) is 1.29. The highest BCUT2D eigenvalue weighted by molar-refractivity contribution is 9.25. The first kappa shape index (κ1) is 13.9. The lowest BCUT2D eigenvalue weighted by Crippen LogP contribution is -2.29. The van der Waals surface area contributed by atoms with Crippen molar-refractivity contribution in [1.82, 2.24) is 5.43 Å². The second-order valence-electron chi connectivity index (χ2n) is 5.03. The van der Waals surface area contributed by atoms with Crippen molar-refractivity contribution in [3.05, 3.63) is 23.8 Å². The monoisotopic (exact) mass is 402 g/mol. The van der Waals surface area contributed by atoms with E-state index in [2.05, 4.69) is 42.4 Å². The Labute approximate surface area is 133 Å². The third-order valence-electron chi connectivity index (χ3n) is 3.54. The Kier molecular flexibility index (Phi) is 3.29. The molecule has 1 saturated carbocycles. The molecule has 0 aromatic heterocycles. The number of carbonyl (C=O) groups excluding carboxylic acids is 1. The Balaban J connectivity index is 1.63. The molecule has 0 unspecified atom stereocenters. The van der Waals surface area contributed by atoms with Gasteiger partial charge in [-0.2, -0.15) is 5.10 Å². The van der Waals surface area contributed by atoms with Crippen molar-refractivity contribution >= 4 is 44.0 Å². The molecular weight excluding hydrogens is 392 g/mol. The summed E-state index contributed by atoms with van der Waals surface area (Å²) >= 11 is 6.91. The highest BCUT2D eigenvalue weighted by atomic mass is 79.9. The predicted molar refractivity (Wildman–Crippen MR) is 81.6 cm³/mol. The summed E-state index contributed by atoms with van der Waals surface area (Å²) in [6.45, 7) is 2.12. The fraction of sp³-hybridized carbons (Fsp3) is 0.385. The lowest BCUT2D eigenvalue weighted by molar-refractivity contribution is -0.125. The van der Waals surface area contributed by atoms with E-state index in [1.165, 1.54) is 0 Å². The summed E-state index contributed by atoms with van der Waals surface area (Å²) in [7, 11) is 0. The minimum Gasteiger partial charge on any atom is -0.454 e. The number of carbonyl (C=O) groups is 1. The maximum absolute atomic E-state index is 12.0. The predicted octanol–water partition coefficient (Wildman–Crippen LogP) is 2.76. The van der Waals surface area contributed by atoms with Gasteiger partial charge in [-0.25, -0.2) is 5.43 Å². The Morgan fingerprint density at radius 3 is 2.80 bits per heavy atom. The minimum atomic E-state index is -0.473. The maximum Gasteiger partial charge on any atom is 0.248 e. The SMILES string of the molecule is C[C@]1(C(=O)NN=Cc2ccc3c(c2)OCO3)CC1(Br)Br. The smallest absolute Gasteiger partial charge is 0.248 e. The number of nitrogens with one attached hydrogen (secondary N) is 1. The van der Waals surface area contributed by atoms with Gasteiger partial charge in [0.05, 0.1) is 14.9 Å². The summed E-state index contributed by atoms with van der Waals surface area (Å²) < 4.78 is 10.2. The van der Waals surface area contributed by atoms with Crippen molar-refractivity contribution in [3.8, 4) is 11.5 Å². The number of nitrogens with zero attached hydrogens (tertiary/aromatic N) is 1. The van der Waals surface area contributed by atoms with Crippen LogP contribution < -0.4 is 14.9 Å². The molecule has 1 atom stereocenters. The molecule has 1 amide bonds. The number of amides is 1. The topological polar surface area (TPSA) is 59.9 Å².